The van der Waals surface area contributed by atoms with Gasteiger partial charge in [0.1, 0.15) is 17.3 Å². The summed E-state index contributed by atoms with van der Waals surface area (Å²) in [6.07, 6.45) is 7.60. The average molecular weight is 679 g/mol. The van der Waals surface area contributed by atoms with Crippen molar-refractivity contribution in [3.05, 3.63) is 76.9 Å². The summed E-state index contributed by atoms with van der Waals surface area (Å²) in [7, 11) is -0.558. The lowest BCUT2D eigenvalue weighted by molar-refractivity contribution is 0.0724. The zero-order valence-electron chi connectivity index (χ0n) is 31.1. The maximum Gasteiger partial charge on any atom is 0.258 e. The summed E-state index contributed by atoms with van der Waals surface area (Å²) in [4.78, 5) is 15.8. The van der Waals surface area contributed by atoms with E-state index in [1.807, 2.05) is 41.3 Å². The Balaban J connectivity index is 1.57. The molecule has 49 heavy (non-hydrogen) atoms. The number of fused-ring (bicyclic) bond motifs is 5. The number of hydrogen-bond donors (Lipinski definition) is 1. The fourth-order valence-corrected chi connectivity index (χ4v) is 14.0. The molecule has 7 heteroatoms. The smallest absolute Gasteiger partial charge is 0.258 e. The molecule has 0 saturated carbocycles. The lowest BCUT2D eigenvalue weighted by atomic mass is 9.82. The topological polar surface area (TPSA) is 60.0 Å². The Kier molecular flexibility index (Phi) is 9.53. The molecule has 1 amide bonds. The predicted octanol–water partition coefficient (Wildman–Crippen LogP) is 11.0. The molecule has 3 aromatic carbocycles. The van der Waals surface area contributed by atoms with Crippen LogP contribution in [0.3, 0.4) is 0 Å². The standard InChI is InChI=1S/C42H54N2O4Si/c1-26(2)49(27(3)4,28(5)6)48-35-21-20-34-39(40(35)46-10)32-18-19-33-37(29(7)25-42(8,9)43-33)38(32)36(47-34)24-30-16-12-13-17-31(30)41(45)44-22-14-11-15-23-44/h12-13,16-21,24-28,43H,11,14-15,22-23H2,1-10H3. The van der Waals surface area contributed by atoms with E-state index >= 15 is 0 Å². The molecule has 0 aliphatic carbocycles. The highest BCUT2D eigenvalue weighted by Gasteiger charge is 2.48. The number of rotatable bonds is 8. The van der Waals surface area contributed by atoms with E-state index in [1.165, 1.54) is 12.0 Å². The summed E-state index contributed by atoms with van der Waals surface area (Å²) in [6, 6.07) is 16.3. The first kappa shape index (κ1) is 34.9. The highest BCUT2D eigenvalue weighted by atomic mass is 28.4. The molecule has 6 nitrogen and oxygen atoms in total. The number of carbonyl (C=O) groups is 1. The number of hydrogen-bond acceptors (Lipinski definition) is 5. The lowest BCUT2D eigenvalue weighted by Gasteiger charge is -2.42. The largest absolute Gasteiger partial charge is 0.540 e. The first-order valence-corrected chi connectivity index (χ1v) is 20.3. The van der Waals surface area contributed by atoms with Gasteiger partial charge in [-0.25, -0.2) is 0 Å². The minimum Gasteiger partial charge on any atom is -0.540 e. The normalized spacial score (nSPS) is 17.6. The van der Waals surface area contributed by atoms with Crippen molar-refractivity contribution < 1.29 is 18.7 Å². The van der Waals surface area contributed by atoms with Gasteiger partial charge in [-0.3, -0.25) is 4.79 Å². The lowest BCUT2D eigenvalue weighted by Crippen LogP contribution is -2.50. The molecular weight excluding hydrogens is 625 g/mol. The van der Waals surface area contributed by atoms with E-state index in [0.29, 0.717) is 39.4 Å². The Bertz CT molecular complexity index is 1790. The molecule has 0 atom stereocenters. The van der Waals surface area contributed by atoms with E-state index in [0.717, 1.165) is 65.2 Å². The number of likely N-dealkylation sites (tertiary alicyclic amines) is 1. The Morgan fingerprint density at radius 1 is 0.898 bits per heavy atom. The molecule has 3 aliphatic rings. The van der Waals surface area contributed by atoms with E-state index < -0.39 is 8.32 Å². The van der Waals surface area contributed by atoms with Gasteiger partial charge in [0.15, 0.2) is 5.75 Å². The third-order valence-corrected chi connectivity index (χ3v) is 16.8. The highest BCUT2D eigenvalue weighted by Crippen LogP contribution is 2.56. The van der Waals surface area contributed by atoms with Crippen LogP contribution in [0.25, 0.3) is 28.5 Å². The van der Waals surface area contributed by atoms with Crippen LogP contribution in [0.4, 0.5) is 5.69 Å². The van der Waals surface area contributed by atoms with Crippen LogP contribution in [0.15, 0.2) is 54.6 Å². The average Bonchev–Trinajstić information content (AvgIpc) is 3.06. The minimum absolute atomic E-state index is 0.0785. The van der Waals surface area contributed by atoms with E-state index in [9.17, 15) is 4.79 Å². The van der Waals surface area contributed by atoms with Gasteiger partial charge in [0.2, 0.25) is 0 Å². The van der Waals surface area contributed by atoms with Gasteiger partial charge in [0.25, 0.3) is 14.2 Å². The molecule has 1 saturated heterocycles. The molecule has 3 aromatic rings. The Morgan fingerprint density at radius 2 is 1.57 bits per heavy atom. The number of allylic oxidation sites excluding steroid dienone is 1. The van der Waals surface area contributed by atoms with Crippen molar-refractivity contribution in [2.45, 2.75) is 104 Å². The summed E-state index contributed by atoms with van der Waals surface area (Å²) >= 11 is 0. The maximum absolute atomic E-state index is 13.9. The van der Waals surface area contributed by atoms with E-state index in [1.54, 1.807) is 7.11 Å². The second-order valence-electron chi connectivity index (χ2n) is 15.5. The number of carbonyl (C=O) groups excluding carboxylic acids is 1. The zero-order valence-corrected chi connectivity index (χ0v) is 32.1. The highest BCUT2D eigenvalue weighted by molar-refractivity contribution is 6.78. The fraction of sp³-hybridized carbons (Fsp3) is 0.452. The quantitative estimate of drug-likeness (QED) is 0.240. The van der Waals surface area contributed by atoms with Crippen LogP contribution in [0.1, 0.15) is 109 Å². The number of nitrogens with zero attached hydrogens (tertiary/aromatic N) is 1. The van der Waals surface area contributed by atoms with Crippen molar-refractivity contribution >= 4 is 37.3 Å². The molecule has 6 rings (SSSR count). The van der Waals surface area contributed by atoms with Crippen LogP contribution < -0.4 is 19.2 Å². The third-order valence-electron chi connectivity index (χ3n) is 10.8. The molecule has 260 valence electrons. The van der Waals surface area contributed by atoms with Crippen LogP contribution in [0.5, 0.6) is 17.2 Å². The number of anilines is 1. The fourth-order valence-electron chi connectivity index (χ4n) is 8.79. The number of nitrogens with one attached hydrogen (secondary N) is 1. The van der Waals surface area contributed by atoms with Crippen LogP contribution in [-0.4, -0.2) is 44.9 Å². The van der Waals surface area contributed by atoms with Gasteiger partial charge >= 0.3 is 0 Å². The molecule has 0 radical (unpaired) electrons. The second-order valence-corrected chi connectivity index (χ2v) is 20.9. The summed E-state index contributed by atoms with van der Waals surface area (Å²) in [5.41, 5.74) is 8.79. The summed E-state index contributed by atoms with van der Waals surface area (Å²) in [6.45, 7) is 22.0. The molecule has 3 heterocycles. The van der Waals surface area contributed by atoms with Crippen LogP contribution in [0, 0.1) is 0 Å². The summed E-state index contributed by atoms with van der Waals surface area (Å²) in [5.74, 6) is 2.96. The zero-order chi connectivity index (χ0) is 35.2. The Morgan fingerprint density at radius 3 is 2.22 bits per heavy atom. The van der Waals surface area contributed by atoms with E-state index in [2.05, 4.69) is 91.9 Å². The predicted molar refractivity (Wildman–Crippen MR) is 206 cm³/mol. The molecule has 1 fully saturated rings. The Labute approximate surface area is 294 Å². The van der Waals surface area contributed by atoms with Gasteiger partial charge in [-0.1, -0.05) is 71.9 Å². The van der Waals surface area contributed by atoms with Crippen molar-refractivity contribution in [3.63, 3.8) is 0 Å². The van der Waals surface area contributed by atoms with Gasteiger partial charge in [-0.15, -0.1) is 0 Å². The monoisotopic (exact) mass is 678 g/mol. The maximum atomic E-state index is 13.9. The number of piperidine rings is 1. The van der Waals surface area contributed by atoms with Crippen molar-refractivity contribution in [1.29, 1.82) is 0 Å². The first-order valence-electron chi connectivity index (χ1n) is 18.1. The molecule has 3 aliphatic heterocycles. The molecule has 1 N–H and O–H groups in total. The van der Waals surface area contributed by atoms with Crippen LogP contribution in [-0.2, 0) is 0 Å². The Hall–Kier alpha value is -3.97. The van der Waals surface area contributed by atoms with Gasteiger partial charge < -0.3 is 24.1 Å². The number of amides is 1. The van der Waals surface area contributed by atoms with Gasteiger partial charge in [-0.05, 0) is 98.1 Å². The third kappa shape index (κ3) is 6.20. The first-order chi connectivity index (χ1) is 23.3. The summed E-state index contributed by atoms with van der Waals surface area (Å²) < 4.78 is 20.5. The van der Waals surface area contributed by atoms with Crippen LogP contribution >= 0.6 is 0 Å². The SMILES string of the molecule is COc1c(O[Si](C(C)C)(C(C)C)C(C)C)ccc2c1-c1ccc3c(c1C(=Cc1ccccc1C(=O)N1CCCCC1)O2)C(C)=CC(C)(C)N3. The van der Waals surface area contributed by atoms with Crippen molar-refractivity contribution in [2.24, 2.45) is 0 Å². The minimum atomic E-state index is -2.29. The van der Waals surface area contributed by atoms with Gasteiger partial charge in [-0.2, -0.15) is 0 Å². The number of methoxy groups -OCH3 is 1. The molecule has 0 bridgehead atoms. The molecule has 0 spiro atoms. The van der Waals surface area contributed by atoms with E-state index in [-0.39, 0.29) is 11.4 Å². The molecule has 0 unspecified atom stereocenters. The van der Waals surface area contributed by atoms with Gasteiger partial charge in [0, 0.05) is 41.0 Å². The summed E-state index contributed by atoms with van der Waals surface area (Å²) in [5, 5.41) is 3.74. The molecule has 0 aromatic heterocycles. The number of benzene rings is 3. The van der Waals surface area contributed by atoms with Crippen molar-refractivity contribution in [2.75, 3.05) is 25.5 Å². The van der Waals surface area contributed by atoms with Crippen molar-refractivity contribution in [1.82, 2.24) is 4.90 Å². The van der Waals surface area contributed by atoms with Crippen molar-refractivity contribution in [3.8, 4) is 28.4 Å². The van der Waals surface area contributed by atoms with Gasteiger partial charge in [0.05, 0.1) is 18.2 Å². The second kappa shape index (κ2) is 13.4. The molecular formula is C42H54N2O4Si. The van der Waals surface area contributed by atoms with E-state index in [4.69, 9.17) is 13.9 Å². The number of ether oxygens (including phenoxy) is 2. The van der Waals surface area contributed by atoms with Crippen LogP contribution in [0.2, 0.25) is 16.6 Å².